The van der Waals surface area contributed by atoms with Gasteiger partial charge in [0.25, 0.3) is 0 Å². The molecule has 0 aliphatic carbocycles. The third-order valence-electron chi connectivity index (χ3n) is 3.83. The fraction of sp³-hybridized carbons (Fsp3) is 0.471. The zero-order valence-corrected chi connectivity index (χ0v) is 14.0. The first-order chi connectivity index (χ1) is 9.45. The molecule has 0 amide bonds. The zero-order valence-electron chi connectivity index (χ0n) is 13.0. The minimum atomic E-state index is -1.50. The molecule has 0 aromatic heterocycles. The SMILES string of the molecule is CCCC/C(=C1\COc2ccccc2C1=O)[Si](C)(C)C. The van der Waals surface area contributed by atoms with E-state index in [-0.39, 0.29) is 5.78 Å². The van der Waals surface area contributed by atoms with E-state index in [2.05, 4.69) is 26.6 Å². The number of hydrogen-bond acceptors (Lipinski definition) is 2. The zero-order chi connectivity index (χ0) is 14.8. The quantitative estimate of drug-likeness (QED) is 0.596. The lowest BCUT2D eigenvalue weighted by atomic mass is 9.99. The van der Waals surface area contributed by atoms with Crippen molar-refractivity contribution in [3.63, 3.8) is 0 Å². The van der Waals surface area contributed by atoms with Crippen molar-refractivity contribution >= 4 is 13.9 Å². The Morgan fingerprint density at radius 3 is 2.60 bits per heavy atom. The van der Waals surface area contributed by atoms with E-state index in [1.807, 2.05) is 24.3 Å². The Morgan fingerprint density at radius 1 is 1.25 bits per heavy atom. The van der Waals surface area contributed by atoms with Gasteiger partial charge in [-0.2, -0.15) is 0 Å². The van der Waals surface area contributed by atoms with Gasteiger partial charge < -0.3 is 4.74 Å². The number of rotatable bonds is 4. The van der Waals surface area contributed by atoms with Gasteiger partial charge in [0.05, 0.1) is 13.6 Å². The van der Waals surface area contributed by atoms with E-state index >= 15 is 0 Å². The molecule has 1 aromatic rings. The number of hydrogen-bond donors (Lipinski definition) is 0. The Morgan fingerprint density at radius 2 is 1.95 bits per heavy atom. The molecule has 3 heteroatoms. The van der Waals surface area contributed by atoms with Crippen molar-refractivity contribution < 1.29 is 9.53 Å². The minimum absolute atomic E-state index is 0.181. The number of benzene rings is 1. The van der Waals surface area contributed by atoms with Crippen molar-refractivity contribution in [3.8, 4) is 5.75 Å². The number of carbonyl (C=O) groups excluding carboxylic acids is 1. The van der Waals surface area contributed by atoms with Gasteiger partial charge in [0, 0.05) is 5.57 Å². The van der Waals surface area contributed by atoms with Crippen molar-refractivity contribution in [1.82, 2.24) is 0 Å². The van der Waals surface area contributed by atoms with Gasteiger partial charge >= 0.3 is 0 Å². The van der Waals surface area contributed by atoms with E-state index in [1.54, 1.807) is 0 Å². The predicted molar refractivity (Wildman–Crippen MR) is 86.2 cm³/mol. The van der Waals surface area contributed by atoms with Gasteiger partial charge in [-0.1, -0.05) is 56.7 Å². The molecule has 0 radical (unpaired) electrons. The van der Waals surface area contributed by atoms with E-state index < -0.39 is 8.07 Å². The maximum absolute atomic E-state index is 12.8. The Bertz CT molecular complexity index is 538. The molecule has 0 fully saturated rings. The largest absolute Gasteiger partial charge is 0.488 e. The van der Waals surface area contributed by atoms with Crippen LogP contribution in [0, 0.1) is 0 Å². The first kappa shape index (κ1) is 15.0. The standard InChI is InChI=1S/C17H24O2Si/c1-5-6-11-16(20(2,3)4)14-12-19-15-10-8-7-9-13(15)17(14)18/h7-10H,5-6,11-12H2,1-4H3/b16-14-. The summed E-state index contributed by atoms with van der Waals surface area (Å²) in [6.45, 7) is 9.59. The maximum Gasteiger partial charge on any atom is 0.195 e. The van der Waals surface area contributed by atoms with Crippen LogP contribution < -0.4 is 4.74 Å². The van der Waals surface area contributed by atoms with E-state index in [0.717, 1.165) is 36.1 Å². The van der Waals surface area contributed by atoms with Crippen molar-refractivity contribution in [2.24, 2.45) is 0 Å². The molecule has 1 aliphatic heterocycles. The second-order valence-corrected chi connectivity index (χ2v) is 11.5. The average Bonchev–Trinajstić information content (AvgIpc) is 2.40. The second kappa shape index (κ2) is 5.96. The lowest BCUT2D eigenvalue weighted by Crippen LogP contribution is -2.31. The Labute approximate surface area is 122 Å². The number of ether oxygens (including phenoxy) is 1. The molecule has 0 saturated heterocycles. The van der Waals surface area contributed by atoms with E-state index in [1.165, 1.54) is 5.20 Å². The molecule has 0 bridgehead atoms. The molecular weight excluding hydrogens is 264 g/mol. The molecule has 0 N–H and O–H groups in total. The molecule has 0 atom stereocenters. The summed E-state index contributed by atoms with van der Waals surface area (Å²) >= 11 is 0. The van der Waals surface area contributed by atoms with Gasteiger partial charge in [0.2, 0.25) is 0 Å². The lowest BCUT2D eigenvalue weighted by Gasteiger charge is -2.28. The highest BCUT2D eigenvalue weighted by Gasteiger charge is 2.30. The number of unbranched alkanes of at least 4 members (excludes halogenated alkanes) is 1. The van der Waals surface area contributed by atoms with Gasteiger partial charge in [0.1, 0.15) is 12.4 Å². The van der Waals surface area contributed by atoms with Crippen LogP contribution in [0.15, 0.2) is 35.0 Å². The van der Waals surface area contributed by atoms with Crippen molar-refractivity contribution in [2.75, 3.05) is 6.61 Å². The van der Waals surface area contributed by atoms with Crippen LogP contribution in [0.25, 0.3) is 0 Å². The third-order valence-corrected chi connectivity index (χ3v) is 6.19. The van der Waals surface area contributed by atoms with Crippen molar-refractivity contribution in [1.29, 1.82) is 0 Å². The van der Waals surface area contributed by atoms with Crippen LogP contribution in [0.1, 0.15) is 36.5 Å². The summed E-state index contributed by atoms with van der Waals surface area (Å²) in [5.74, 6) is 0.909. The minimum Gasteiger partial charge on any atom is -0.488 e. The third kappa shape index (κ3) is 3.03. The van der Waals surface area contributed by atoms with Gasteiger partial charge in [-0.15, -0.1) is 0 Å². The summed E-state index contributed by atoms with van der Waals surface area (Å²) in [7, 11) is -1.50. The summed E-state index contributed by atoms with van der Waals surface area (Å²) in [6, 6.07) is 7.57. The van der Waals surface area contributed by atoms with Crippen LogP contribution in [0.5, 0.6) is 5.75 Å². The van der Waals surface area contributed by atoms with E-state index in [0.29, 0.717) is 6.61 Å². The van der Waals surface area contributed by atoms with Gasteiger partial charge in [0.15, 0.2) is 5.78 Å². The highest BCUT2D eigenvalue weighted by atomic mass is 28.3. The van der Waals surface area contributed by atoms with Gasteiger partial charge in [-0.3, -0.25) is 4.79 Å². The molecule has 1 aromatic carbocycles. The fourth-order valence-electron chi connectivity index (χ4n) is 2.71. The average molecular weight is 288 g/mol. The van der Waals surface area contributed by atoms with Crippen LogP contribution in [0.4, 0.5) is 0 Å². The number of allylic oxidation sites excluding steroid dienone is 1. The van der Waals surface area contributed by atoms with Gasteiger partial charge in [-0.25, -0.2) is 0 Å². The normalized spacial score (nSPS) is 17.5. The summed E-state index contributed by atoms with van der Waals surface area (Å²) in [5, 5.41) is 1.39. The Hall–Kier alpha value is -1.35. The number of para-hydroxylation sites is 1. The lowest BCUT2D eigenvalue weighted by molar-refractivity contribution is 0.0998. The monoisotopic (exact) mass is 288 g/mol. The van der Waals surface area contributed by atoms with E-state index in [9.17, 15) is 4.79 Å². The molecule has 20 heavy (non-hydrogen) atoms. The molecule has 0 spiro atoms. The second-order valence-electron chi connectivity index (χ2n) is 6.42. The van der Waals surface area contributed by atoms with Crippen molar-refractivity contribution in [3.05, 3.63) is 40.6 Å². The number of carbonyl (C=O) groups is 1. The number of fused-ring (bicyclic) bond motifs is 1. The fourth-order valence-corrected chi connectivity index (χ4v) is 4.73. The highest BCUT2D eigenvalue weighted by Crippen LogP contribution is 2.32. The van der Waals surface area contributed by atoms with Crippen LogP contribution in [0.3, 0.4) is 0 Å². The molecule has 2 rings (SSSR count). The number of Topliss-reactive ketones (excluding diaryl/α,β-unsaturated/α-hetero) is 1. The van der Waals surface area contributed by atoms with Crippen LogP contribution in [0.2, 0.25) is 19.6 Å². The molecule has 108 valence electrons. The first-order valence-electron chi connectivity index (χ1n) is 7.44. The Balaban J connectivity index is 2.44. The van der Waals surface area contributed by atoms with Crippen molar-refractivity contribution in [2.45, 2.75) is 45.8 Å². The van der Waals surface area contributed by atoms with Crippen LogP contribution in [-0.4, -0.2) is 20.5 Å². The highest BCUT2D eigenvalue weighted by molar-refractivity contribution is 6.83. The van der Waals surface area contributed by atoms with Gasteiger partial charge in [-0.05, 0) is 18.6 Å². The van der Waals surface area contributed by atoms with Crippen LogP contribution >= 0.6 is 0 Å². The molecule has 0 saturated carbocycles. The maximum atomic E-state index is 12.8. The first-order valence-corrected chi connectivity index (χ1v) is 10.9. The predicted octanol–water partition coefficient (Wildman–Crippen LogP) is 4.63. The molecule has 0 unspecified atom stereocenters. The summed E-state index contributed by atoms with van der Waals surface area (Å²) in [6.07, 6.45) is 3.35. The molecule has 1 heterocycles. The topological polar surface area (TPSA) is 26.3 Å². The number of ketones is 1. The molecule has 2 nitrogen and oxygen atoms in total. The Kier molecular flexibility index (Phi) is 4.48. The summed E-state index contributed by atoms with van der Waals surface area (Å²) in [4.78, 5) is 12.8. The summed E-state index contributed by atoms with van der Waals surface area (Å²) < 4.78 is 5.81. The summed E-state index contributed by atoms with van der Waals surface area (Å²) in [5.41, 5.74) is 1.65. The smallest absolute Gasteiger partial charge is 0.195 e. The molecule has 1 aliphatic rings. The van der Waals surface area contributed by atoms with E-state index in [4.69, 9.17) is 4.74 Å². The molecular formula is C17H24O2Si. The van der Waals surface area contributed by atoms with Crippen LogP contribution in [-0.2, 0) is 0 Å².